The molecule has 2 heteroatoms. The number of rotatable bonds is 8. The minimum absolute atomic E-state index is 0.129. The van der Waals surface area contributed by atoms with Crippen molar-refractivity contribution in [3.05, 3.63) is 0 Å². The maximum Gasteiger partial charge on any atom is 0.146 e. The van der Waals surface area contributed by atoms with Crippen LogP contribution in [0.3, 0.4) is 0 Å². The fourth-order valence-electron chi connectivity index (χ4n) is 3.04. The smallest absolute Gasteiger partial charge is 0.146 e. The summed E-state index contributed by atoms with van der Waals surface area (Å²) in [6, 6.07) is -0.231. The van der Waals surface area contributed by atoms with Crippen molar-refractivity contribution in [1.29, 1.82) is 0 Å². The highest BCUT2D eigenvalue weighted by molar-refractivity contribution is 5.81. The summed E-state index contributed by atoms with van der Waals surface area (Å²) in [6.07, 6.45) is 13.3. The molecule has 0 aromatic carbocycles. The van der Waals surface area contributed by atoms with Gasteiger partial charge in [0.2, 0.25) is 0 Å². The molecule has 2 nitrogen and oxygen atoms in total. The molecular formula is C16H31NO. The highest BCUT2D eigenvalue weighted by atomic mass is 16.1. The molecule has 0 aromatic rings. The summed E-state index contributed by atoms with van der Waals surface area (Å²) in [4.78, 5) is 11.1. The molecule has 0 amide bonds. The summed E-state index contributed by atoms with van der Waals surface area (Å²) in [6.45, 7) is 3.89. The Morgan fingerprint density at radius 3 is 2.44 bits per heavy atom. The van der Waals surface area contributed by atoms with E-state index in [1.165, 1.54) is 51.4 Å². The van der Waals surface area contributed by atoms with Crippen molar-refractivity contribution in [2.75, 3.05) is 0 Å². The van der Waals surface area contributed by atoms with Crippen molar-refractivity contribution >= 4 is 5.78 Å². The Balaban J connectivity index is 2.02. The molecule has 0 heterocycles. The summed E-state index contributed by atoms with van der Waals surface area (Å²) >= 11 is 0. The number of Topliss-reactive ketones (excluding diaryl/α,β-unsaturated/α-hetero) is 1. The molecule has 2 atom stereocenters. The van der Waals surface area contributed by atoms with E-state index >= 15 is 0 Å². The highest BCUT2D eigenvalue weighted by Crippen LogP contribution is 2.28. The molecule has 0 bridgehead atoms. The van der Waals surface area contributed by atoms with Gasteiger partial charge in [0.25, 0.3) is 0 Å². The molecule has 1 aliphatic carbocycles. The molecular weight excluding hydrogens is 222 g/mol. The second-order valence-corrected chi connectivity index (χ2v) is 6.33. The van der Waals surface area contributed by atoms with Crippen LogP contribution in [0.2, 0.25) is 0 Å². The molecule has 106 valence electrons. The number of carbonyl (C=O) groups excluding carboxylic acids is 1. The van der Waals surface area contributed by atoms with Gasteiger partial charge in [0.05, 0.1) is 6.04 Å². The molecule has 0 saturated heterocycles. The summed E-state index contributed by atoms with van der Waals surface area (Å²) in [5, 5.41) is 0. The van der Waals surface area contributed by atoms with E-state index in [2.05, 4.69) is 6.92 Å². The van der Waals surface area contributed by atoms with E-state index in [1.54, 1.807) is 6.92 Å². The quantitative estimate of drug-likeness (QED) is 0.708. The SMILES string of the molecule is CC(=O)[C@@H](N)CC[C@@H](C)CCCC1CCCCC1. The maximum atomic E-state index is 11.1. The topological polar surface area (TPSA) is 43.1 Å². The van der Waals surface area contributed by atoms with Gasteiger partial charge in [-0.3, -0.25) is 4.79 Å². The minimum atomic E-state index is -0.231. The van der Waals surface area contributed by atoms with Gasteiger partial charge in [0.15, 0.2) is 0 Å². The van der Waals surface area contributed by atoms with Gasteiger partial charge in [-0.25, -0.2) is 0 Å². The lowest BCUT2D eigenvalue weighted by atomic mass is 9.84. The summed E-state index contributed by atoms with van der Waals surface area (Å²) in [7, 11) is 0. The third kappa shape index (κ3) is 6.53. The van der Waals surface area contributed by atoms with Gasteiger partial charge >= 0.3 is 0 Å². The first-order chi connectivity index (χ1) is 8.59. The van der Waals surface area contributed by atoms with E-state index in [9.17, 15) is 4.79 Å². The summed E-state index contributed by atoms with van der Waals surface area (Å²) in [5.74, 6) is 1.86. The van der Waals surface area contributed by atoms with E-state index in [-0.39, 0.29) is 11.8 Å². The van der Waals surface area contributed by atoms with E-state index in [0.29, 0.717) is 0 Å². The first-order valence-electron chi connectivity index (χ1n) is 7.85. The van der Waals surface area contributed by atoms with Crippen molar-refractivity contribution in [2.24, 2.45) is 17.6 Å². The molecule has 0 spiro atoms. The fraction of sp³-hybridized carbons (Fsp3) is 0.938. The van der Waals surface area contributed by atoms with Crippen LogP contribution in [-0.4, -0.2) is 11.8 Å². The van der Waals surface area contributed by atoms with Gasteiger partial charge < -0.3 is 5.73 Å². The molecule has 0 aromatic heterocycles. The van der Waals surface area contributed by atoms with Crippen LogP contribution in [0.4, 0.5) is 0 Å². The van der Waals surface area contributed by atoms with Gasteiger partial charge in [-0.2, -0.15) is 0 Å². The van der Waals surface area contributed by atoms with E-state index in [1.807, 2.05) is 0 Å². The molecule has 18 heavy (non-hydrogen) atoms. The number of ketones is 1. The van der Waals surface area contributed by atoms with Crippen LogP contribution in [0.15, 0.2) is 0 Å². The van der Waals surface area contributed by atoms with Gasteiger partial charge in [0, 0.05) is 0 Å². The molecule has 0 radical (unpaired) electrons. The van der Waals surface area contributed by atoms with E-state index < -0.39 is 0 Å². The maximum absolute atomic E-state index is 11.1. The van der Waals surface area contributed by atoms with Gasteiger partial charge in [0.1, 0.15) is 5.78 Å². The van der Waals surface area contributed by atoms with Crippen molar-refractivity contribution in [1.82, 2.24) is 0 Å². The predicted molar refractivity (Wildman–Crippen MR) is 77.5 cm³/mol. The minimum Gasteiger partial charge on any atom is -0.322 e. The second-order valence-electron chi connectivity index (χ2n) is 6.33. The van der Waals surface area contributed by atoms with Gasteiger partial charge in [-0.05, 0) is 31.6 Å². The first-order valence-corrected chi connectivity index (χ1v) is 7.85. The highest BCUT2D eigenvalue weighted by Gasteiger charge is 2.14. The third-order valence-electron chi connectivity index (χ3n) is 4.53. The Hall–Kier alpha value is -0.370. The Morgan fingerprint density at radius 2 is 1.83 bits per heavy atom. The lowest BCUT2D eigenvalue weighted by Crippen LogP contribution is -2.28. The predicted octanol–water partition coefficient (Wildman–Crippen LogP) is 4.07. The number of hydrogen-bond acceptors (Lipinski definition) is 2. The lowest BCUT2D eigenvalue weighted by molar-refractivity contribution is -0.118. The van der Waals surface area contributed by atoms with Crippen LogP contribution < -0.4 is 5.73 Å². The zero-order valence-corrected chi connectivity index (χ0v) is 12.3. The molecule has 0 unspecified atom stereocenters. The Morgan fingerprint density at radius 1 is 1.17 bits per heavy atom. The van der Waals surface area contributed by atoms with Crippen LogP contribution in [0.1, 0.15) is 78.1 Å². The van der Waals surface area contributed by atoms with Crippen LogP contribution in [0, 0.1) is 11.8 Å². The lowest BCUT2D eigenvalue weighted by Gasteiger charge is -2.22. The standard InChI is InChI=1S/C16H31NO/c1-13(11-12-16(17)14(2)18)7-6-10-15-8-4-3-5-9-15/h13,15-16H,3-12,17H2,1-2H3/t13-,16-/m0/s1. The van der Waals surface area contributed by atoms with Gasteiger partial charge in [-0.1, -0.05) is 58.3 Å². The Kier molecular flexibility index (Phi) is 7.57. The molecule has 2 N–H and O–H groups in total. The average molecular weight is 253 g/mol. The van der Waals surface area contributed by atoms with Crippen LogP contribution >= 0.6 is 0 Å². The van der Waals surface area contributed by atoms with Crippen LogP contribution in [0.25, 0.3) is 0 Å². The molecule has 0 aliphatic heterocycles. The summed E-state index contributed by atoms with van der Waals surface area (Å²) in [5.41, 5.74) is 5.76. The van der Waals surface area contributed by atoms with E-state index in [0.717, 1.165) is 24.7 Å². The molecule has 1 fully saturated rings. The van der Waals surface area contributed by atoms with Crippen molar-refractivity contribution in [3.8, 4) is 0 Å². The van der Waals surface area contributed by atoms with Crippen molar-refractivity contribution < 1.29 is 4.79 Å². The normalized spacial score (nSPS) is 20.6. The number of nitrogens with two attached hydrogens (primary N) is 1. The molecule has 1 aliphatic rings. The van der Waals surface area contributed by atoms with Crippen LogP contribution in [0.5, 0.6) is 0 Å². The largest absolute Gasteiger partial charge is 0.322 e. The summed E-state index contributed by atoms with van der Waals surface area (Å²) < 4.78 is 0. The number of carbonyl (C=O) groups is 1. The van der Waals surface area contributed by atoms with Gasteiger partial charge in [-0.15, -0.1) is 0 Å². The van der Waals surface area contributed by atoms with E-state index in [4.69, 9.17) is 5.73 Å². The van der Waals surface area contributed by atoms with Crippen LogP contribution in [-0.2, 0) is 4.79 Å². The number of hydrogen-bond donors (Lipinski definition) is 1. The second kappa shape index (κ2) is 8.68. The Labute approximate surface area is 113 Å². The fourth-order valence-corrected chi connectivity index (χ4v) is 3.04. The molecule has 1 saturated carbocycles. The first kappa shape index (κ1) is 15.7. The molecule has 1 rings (SSSR count). The van der Waals surface area contributed by atoms with Crippen molar-refractivity contribution in [2.45, 2.75) is 84.1 Å². The zero-order valence-electron chi connectivity index (χ0n) is 12.3. The zero-order chi connectivity index (χ0) is 13.4. The van der Waals surface area contributed by atoms with Crippen molar-refractivity contribution in [3.63, 3.8) is 0 Å². The average Bonchev–Trinajstić information content (AvgIpc) is 2.37. The Bertz CT molecular complexity index is 233. The monoisotopic (exact) mass is 253 g/mol. The third-order valence-corrected chi connectivity index (χ3v) is 4.53.